The van der Waals surface area contributed by atoms with Crippen LogP contribution in [0.1, 0.15) is 17.7 Å². The van der Waals surface area contributed by atoms with Gasteiger partial charge in [0, 0.05) is 25.5 Å². The molecule has 5 heteroatoms. The number of fused-ring (bicyclic) bond motifs is 3. The van der Waals surface area contributed by atoms with E-state index in [4.69, 9.17) is 5.11 Å². The summed E-state index contributed by atoms with van der Waals surface area (Å²) in [6, 6.07) is 4.04. The fourth-order valence-electron chi connectivity index (χ4n) is 2.68. The van der Waals surface area contributed by atoms with E-state index in [1.807, 2.05) is 12.1 Å². The lowest BCUT2D eigenvalue weighted by Gasteiger charge is -2.18. The number of halogens is 2. The molecule has 3 nitrogen and oxygen atoms in total. The van der Waals surface area contributed by atoms with Gasteiger partial charge in [-0.1, -0.05) is 31.9 Å². The second-order valence-electron chi connectivity index (χ2n) is 4.67. The molecule has 1 aromatic carbocycles. The van der Waals surface area contributed by atoms with Crippen LogP contribution < -0.4 is 0 Å². The van der Waals surface area contributed by atoms with Crippen molar-refractivity contribution in [1.29, 1.82) is 0 Å². The second kappa shape index (κ2) is 4.38. The Morgan fingerprint density at radius 1 is 1.39 bits per heavy atom. The molecule has 2 N–H and O–H groups in total. The second-order valence-corrected chi connectivity index (χ2v) is 6.44. The number of hydrogen-bond donors (Lipinski definition) is 2. The Bertz CT molecular complexity index is 648. The van der Waals surface area contributed by atoms with Gasteiger partial charge in [0.1, 0.15) is 0 Å². The van der Waals surface area contributed by atoms with Crippen molar-refractivity contribution in [2.75, 3.05) is 0 Å². The van der Waals surface area contributed by atoms with Gasteiger partial charge in [0.15, 0.2) is 0 Å². The van der Waals surface area contributed by atoms with Gasteiger partial charge in [-0.2, -0.15) is 0 Å². The van der Waals surface area contributed by atoms with Crippen LogP contribution >= 0.6 is 31.9 Å². The smallest absolute Gasteiger partial charge is 0.306 e. The Hall–Kier alpha value is -0.810. The minimum Gasteiger partial charge on any atom is -0.481 e. The van der Waals surface area contributed by atoms with Crippen molar-refractivity contribution in [1.82, 2.24) is 4.98 Å². The number of aryl methyl sites for hydroxylation is 1. The number of benzene rings is 1. The fourth-order valence-corrected chi connectivity index (χ4v) is 4.15. The average Bonchev–Trinajstić information content (AvgIpc) is 2.65. The lowest BCUT2D eigenvalue weighted by atomic mass is 9.86. The summed E-state index contributed by atoms with van der Waals surface area (Å²) in [6.07, 6.45) is 2.14. The zero-order valence-corrected chi connectivity index (χ0v) is 12.6. The Balaban J connectivity index is 2.18. The van der Waals surface area contributed by atoms with Gasteiger partial charge in [0.05, 0.1) is 5.92 Å². The number of aliphatic carboxylic acids is 1. The topological polar surface area (TPSA) is 53.1 Å². The summed E-state index contributed by atoms with van der Waals surface area (Å²) < 4.78 is 2.02. The molecular formula is C13H11Br2NO2. The van der Waals surface area contributed by atoms with E-state index in [9.17, 15) is 4.79 Å². The first-order chi connectivity index (χ1) is 8.56. The minimum absolute atomic E-state index is 0.257. The molecule has 0 saturated heterocycles. The number of aromatic amines is 1. The molecule has 1 aliphatic carbocycles. The molecule has 1 aromatic heterocycles. The molecule has 1 unspecified atom stereocenters. The quantitative estimate of drug-likeness (QED) is 0.797. The highest BCUT2D eigenvalue weighted by Gasteiger charge is 2.27. The zero-order chi connectivity index (χ0) is 12.9. The molecule has 0 spiro atoms. The van der Waals surface area contributed by atoms with Crippen LogP contribution in [0.25, 0.3) is 10.9 Å². The van der Waals surface area contributed by atoms with Crippen molar-refractivity contribution in [3.05, 3.63) is 32.3 Å². The molecule has 0 amide bonds. The zero-order valence-electron chi connectivity index (χ0n) is 9.46. The van der Waals surface area contributed by atoms with E-state index in [2.05, 4.69) is 36.8 Å². The summed E-state index contributed by atoms with van der Waals surface area (Å²) in [7, 11) is 0. The molecule has 1 heterocycles. The third kappa shape index (κ3) is 1.89. The number of hydrogen-bond acceptors (Lipinski definition) is 1. The molecule has 2 aromatic rings. The first kappa shape index (κ1) is 12.2. The number of carboxylic acid groups (broad SMARTS) is 1. The van der Waals surface area contributed by atoms with Gasteiger partial charge in [0.2, 0.25) is 0 Å². The predicted octanol–water partition coefficient (Wildman–Crippen LogP) is 3.88. The minimum atomic E-state index is -0.691. The van der Waals surface area contributed by atoms with Gasteiger partial charge >= 0.3 is 5.97 Å². The van der Waals surface area contributed by atoms with Gasteiger partial charge in [-0.3, -0.25) is 4.79 Å². The summed E-state index contributed by atoms with van der Waals surface area (Å²) in [6.45, 7) is 0. The number of nitrogens with one attached hydrogen (secondary N) is 1. The Morgan fingerprint density at radius 3 is 2.89 bits per heavy atom. The van der Waals surface area contributed by atoms with Crippen LogP contribution in [0.2, 0.25) is 0 Å². The third-order valence-electron chi connectivity index (χ3n) is 3.55. The summed E-state index contributed by atoms with van der Waals surface area (Å²) >= 11 is 7.03. The summed E-state index contributed by atoms with van der Waals surface area (Å²) in [4.78, 5) is 14.5. The largest absolute Gasteiger partial charge is 0.481 e. The van der Waals surface area contributed by atoms with Crippen LogP contribution in [-0.4, -0.2) is 16.1 Å². The molecule has 0 fully saturated rings. The Morgan fingerprint density at radius 2 is 2.17 bits per heavy atom. The maximum absolute atomic E-state index is 11.1. The first-order valence-electron chi connectivity index (χ1n) is 5.77. The summed E-state index contributed by atoms with van der Waals surface area (Å²) in [5.74, 6) is -0.949. The van der Waals surface area contributed by atoms with Gasteiger partial charge < -0.3 is 10.1 Å². The van der Waals surface area contributed by atoms with Crippen molar-refractivity contribution in [3.8, 4) is 0 Å². The van der Waals surface area contributed by atoms with E-state index in [1.165, 1.54) is 5.69 Å². The highest BCUT2D eigenvalue weighted by atomic mass is 79.9. The maximum atomic E-state index is 11.1. The van der Waals surface area contributed by atoms with Gasteiger partial charge in [-0.05, 0) is 37.0 Å². The van der Waals surface area contributed by atoms with Crippen molar-refractivity contribution in [2.45, 2.75) is 19.3 Å². The predicted molar refractivity (Wildman–Crippen MR) is 76.8 cm³/mol. The van der Waals surface area contributed by atoms with E-state index >= 15 is 0 Å². The van der Waals surface area contributed by atoms with Crippen LogP contribution in [0.15, 0.2) is 21.1 Å². The van der Waals surface area contributed by atoms with Crippen molar-refractivity contribution in [2.24, 2.45) is 5.92 Å². The highest BCUT2D eigenvalue weighted by Crippen LogP contribution is 2.37. The van der Waals surface area contributed by atoms with Crippen molar-refractivity contribution < 1.29 is 9.90 Å². The highest BCUT2D eigenvalue weighted by molar-refractivity contribution is 9.11. The number of carbonyl (C=O) groups is 1. The van der Waals surface area contributed by atoms with Crippen molar-refractivity contribution >= 4 is 48.7 Å². The van der Waals surface area contributed by atoms with Crippen LogP contribution in [0.5, 0.6) is 0 Å². The molecule has 0 bridgehead atoms. The average molecular weight is 373 g/mol. The van der Waals surface area contributed by atoms with Gasteiger partial charge in [-0.15, -0.1) is 0 Å². The maximum Gasteiger partial charge on any atom is 0.306 e. The van der Waals surface area contributed by atoms with Crippen LogP contribution in [0, 0.1) is 5.92 Å². The molecule has 94 valence electrons. The number of rotatable bonds is 1. The summed E-state index contributed by atoms with van der Waals surface area (Å²) in [5.41, 5.74) is 3.40. The molecule has 0 saturated carbocycles. The van der Waals surface area contributed by atoms with E-state index < -0.39 is 5.97 Å². The summed E-state index contributed by atoms with van der Waals surface area (Å²) in [5, 5.41) is 10.3. The number of carboxylic acids is 1. The standard InChI is InChI=1S/C13H11Br2NO2/c14-7-4-9(15)12-8-3-6(13(17)18)1-2-10(8)16-11(12)5-7/h4-6,16H,1-3H2,(H,17,18). The van der Waals surface area contributed by atoms with E-state index in [-0.39, 0.29) is 5.92 Å². The normalized spacial score (nSPS) is 18.9. The third-order valence-corrected chi connectivity index (χ3v) is 4.63. The molecule has 18 heavy (non-hydrogen) atoms. The lowest BCUT2D eigenvalue weighted by Crippen LogP contribution is -2.21. The molecule has 0 aliphatic heterocycles. The molecule has 0 radical (unpaired) electrons. The fraction of sp³-hybridized carbons (Fsp3) is 0.308. The molecule has 1 aliphatic rings. The SMILES string of the molecule is O=C(O)C1CCc2[nH]c3cc(Br)cc(Br)c3c2C1. The van der Waals surface area contributed by atoms with Crippen molar-refractivity contribution in [3.63, 3.8) is 0 Å². The number of aromatic nitrogens is 1. The van der Waals surface area contributed by atoms with Gasteiger partial charge in [-0.25, -0.2) is 0 Å². The lowest BCUT2D eigenvalue weighted by molar-refractivity contribution is -0.142. The Labute approximate surface area is 121 Å². The van der Waals surface area contributed by atoms with E-state index in [1.54, 1.807) is 0 Å². The van der Waals surface area contributed by atoms with Gasteiger partial charge in [0.25, 0.3) is 0 Å². The first-order valence-corrected chi connectivity index (χ1v) is 7.36. The van der Waals surface area contributed by atoms with Crippen LogP contribution in [0.3, 0.4) is 0 Å². The van der Waals surface area contributed by atoms with Crippen LogP contribution in [0.4, 0.5) is 0 Å². The molecule has 1 atom stereocenters. The van der Waals surface area contributed by atoms with E-state index in [0.29, 0.717) is 12.8 Å². The molecule has 3 rings (SSSR count). The Kier molecular flexibility index (Phi) is 2.98. The van der Waals surface area contributed by atoms with Crippen LogP contribution in [-0.2, 0) is 17.6 Å². The van der Waals surface area contributed by atoms with E-state index in [0.717, 1.165) is 31.8 Å². The monoisotopic (exact) mass is 371 g/mol. The molecular weight excluding hydrogens is 362 g/mol. The number of H-pyrrole nitrogens is 1.